The van der Waals surface area contributed by atoms with E-state index < -0.39 is 77.8 Å². The molecule has 68 heavy (non-hydrogen) atoms. The Bertz CT molecular complexity index is 2150. The number of amides is 1. The first kappa shape index (κ1) is 53.2. The number of fused-ring (bicyclic) bond motifs is 4. The summed E-state index contributed by atoms with van der Waals surface area (Å²) < 4.78 is 39.2. The summed E-state index contributed by atoms with van der Waals surface area (Å²) in [5.74, 6) is -6.76. The van der Waals surface area contributed by atoms with Crippen LogP contribution in [0.3, 0.4) is 0 Å². The molecular formula is C54H78N2O12. The van der Waals surface area contributed by atoms with Crippen molar-refractivity contribution in [1.29, 1.82) is 0 Å². The number of aliphatic hydroxyl groups is 2. The Morgan fingerprint density at radius 3 is 2.34 bits per heavy atom. The number of esters is 1. The van der Waals surface area contributed by atoms with Gasteiger partial charge in [0.15, 0.2) is 0 Å². The lowest BCUT2D eigenvalue weighted by Gasteiger charge is -2.47. The molecule has 2 saturated heterocycles. The van der Waals surface area contributed by atoms with E-state index in [1.807, 2.05) is 51.3 Å². The van der Waals surface area contributed by atoms with Crippen LogP contribution in [-0.4, -0.2) is 126 Å². The van der Waals surface area contributed by atoms with Crippen LogP contribution in [0.1, 0.15) is 112 Å². The number of Topliss-reactive ketones (excluding diaryl/α,β-unsaturated/α-hetero) is 2. The third-order valence-corrected chi connectivity index (χ3v) is 15.2. The number of aromatic nitrogens is 1. The monoisotopic (exact) mass is 947 g/mol. The van der Waals surface area contributed by atoms with Gasteiger partial charge in [-0.25, -0.2) is 4.79 Å². The Balaban J connectivity index is 1.29. The summed E-state index contributed by atoms with van der Waals surface area (Å²) in [6.45, 7) is 15.9. The zero-order valence-corrected chi connectivity index (χ0v) is 41.9. The van der Waals surface area contributed by atoms with E-state index in [0.717, 1.165) is 28.6 Å². The minimum Gasteiger partial charge on any atom is -0.488 e. The maximum atomic E-state index is 14.6. The van der Waals surface area contributed by atoms with Gasteiger partial charge in [0.2, 0.25) is 5.79 Å². The highest BCUT2D eigenvalue weighted by Crippen LogP contribution is 2.40. The van der Waals surface area contributed by atoms with E-state index in [1.165, 1.54) is 19.1 Å². The average Bonchev–Trinajstić information content (AvgIpc) is 3.73. The zero-order chi connectivity index (χ0) is 49.4. The third kappa shape index (κ3) is 12.0. The van der Waals surface area contributed by atoms with Crippen molar-refractivity contribution in [2.45, 2.75) is 173 Å². The third-order valence-electron chi connectivity index (χ3n) is 15.2. The van der Waals surface area contributed by atoms with Crippen molar-refractivity contribution < 1.29 is 57.8 Å². The molecule has 2 N–H and O–H groups in total. The van der Waals surface area contributed by atoms with Gasteiger partial charge in [-0.3, -0.25) is 14.4 Å². The Morgan fingerprint density at radius 1 is 0.926 bits per heavy atom. The molecule has 1 aliphatic carbocycles. The van der Waals surface area contributed by atoms with E-state index in [-0.39, 0.29) is 55.6 Å². The molecule has 2 bridgehead atoms. The van der Waals surface area contributed by atoms with Crippen molar-refractivity contribution >= 4 is 34.3 Å². The van der Waals surface area contributed by atoms with Crippen molar-refractivity contribution in [3.63, 3.8) is 0 Å². The molecule has 4 heterocycles. The molecular weight excluding hydrogens is 869 g/mol. The highest BCUT2D eigenvalue weighted by Gasteiger charge is 2.56. The number of hydrogen-bond donors (Lipinski definition) is 2. The molecule has 4 aliphatic rings. The van der Waals surface area contributed by atoms with Gasteiger partial charge in [0.25, 0.3) is 11.7 Å². The Kier molecular flexibility index (Phi) is 18.5. The zero-order valence-electron chi connectivity index (χ0n) is 41.9. The van der Waals surface area contributed by atoms with Gasteiger partial charge in [-0.2, -0.15) is 0 Å². The number of ether oxygens (including phenoxy) is 6. The molecule has 3 aliphatic heterocycles. The predicted molar refractivity (Wildman–Crippen MR) is 259 cm³/mol. The highest BCUT2D eigenvalue weighted by molar-refractivity contribution is 6.39. The van der Waals surface area contributed by atoms with Crippen LogP contribution in [0, 0.1) is 29.6 Å². The number of nitrogens with zero attached hydrogens (tertiary/aromatic N) is 2. The SMILES string of the molecule is C=CCn1ccc2cc(OC3CCC(C=C(C)C4OC(=O)C5CCCCN5C(=O)C(=O)C5(O)OC(C(OC)CC(C)CC(C)=CC(CC)C(=O)CC(O)C4C)C(OC)CC5C)CC3OC)ccc21. The van der Waals surface area contributed by atoms with Crippen LogP contribution in [0.5, 0.6) is 5.75 Å². The normalized spacial score (nSPS) is 35.5. The summed E-state index contributed by atoms with van der Waals surface area (Å²) in [4.78, 5) is 58.6. The fraction of sp³-hybridized carbons (Fsp3) is 0.667. The number of carbonyl (C=O) groups is 4. The quantitative estimate of drug-likeness (QED) is 0.135. The molecule has 1 saturated carbocycles. The fourth-order valence-electron chi connectivity index (χ4n) is 11.2. The lowest BCUT2D eigenvalue weighted by Crippen LogP contribution is -2.64. The minimum atomic E-state index is -2.51. The summed E-state index contributed by atoms with van der Waals surface area (Å²) in [7, 11) is 4.76. The Hall–Kier alpha value is -4.18. The number of cyclic esters (lactones) is 1. The number of rotatable bonds is 10. The summed E-state index contributed by atoms with van der Waals surface area (Å²) >= 11 is 0. The molecule has 376 valence electrons. The minimum absolute atomic E-state index is 0.00727. The lowest BCUT2D eigenvalue weighted by atomic mass is 9.81. The van der Waals surface area contributed by atoms with Crippen molar-refractivity contribution in [2.75, 3.05) is 27.9 Å². The van der Waals surface area contributed by atoms with Gasteiger partial charge in [0.05, 0.1) is 24.4 Å². The maximum absolute atomic E-state index is 14.6. The Morgan fingerprint density at radius 2 is 1.65 bits per heavy atom. The van der Waals surface area contributed by atoms with Crippen LogP contribution in [0.4, 0.5) is 0 Å². The number of aliphatic hydroxyl groups excluding tert-OH is 1. The van der Waals surface area contributed by atoms with Gasteiger partial charge in [-0.05, 0) is 120 Å². The van der Waals surface area contributed by atoms with E-state index in [0.29, 0.717) is 57.1 Å². The number of allylic oxidation sites excluding steroid dienone is 4. The molecule has 14 heteroatoms. The summed E-state index contributed by atoms with van der Waals surface area (Å²) in [5, 5.41) is 25.1. The van der Waals surface area contributed by atoms with Crippen LogP contribution in [0.25, 0.3) is 10.9 Å². The van der Waals surface area contributed by atoms with Crippen molar-refractivity contribution in [2.24, 2.45) is 29.6 Å². The molecule has 1 amide bonds. The molecule has 14 atom stereocenters. The summed E-state index contributed by atoms with van der Waals surface area (Å²) in [5.41, 5.74) is 2.78. The number of ketones is 2. The van der Waals surface area contributed by atoms with Crippen LogP contribution in [-0.2, 0) is 49.4 Å². The Labute approximate surface area is 403 Å². The molecule has 1 aromatic heterocycles. The molecule has 14 nitrogen and oxygen atoms in total. The number of piperidine rings is 1. The first-order chi connectivity index (χ1) is 32.5. The topological polar surface area (TPSA) is 172 Å². The number of methoxy groups -OCH3 is 3. The molecule has 6 rings (SSSR count). The lowest BCUT2D eigenvalue weighted by molar-refractivity contribution is -0.302. The molecule has 0 radical (unpaired) electrons. The van der Waals surface area contributed by atoms with E-state index in [9.17, 15) is 29.4 Å². The van der Waals surface area contributed by atoms with E-state index in [4.69, 9.17) is 28.4 Å². The standard InChI is InChI=1S/C54H78N2O12/c1-11-21-55-23-20-39-30-40(17-18-41(39)55)66-45-19-16-37(29-46(45)63-8)27-34(5)49-36(7)43(57)31-44(58)38(12-2)25-32(3)24-33(4)26-47(64-9)50-48(65-10)28-35(6)54(62,68-50)51(59)52(60)56-22-14-13-15-42(56)53(61)67-49/h11,17-18,20,23,25,27,30,33,35-38,42-43,45-50,57,62H,1,12-16,19,21-22,24,26,28-29,31H2,2-10H3. The van der Waals surface area contributed by atoms with Crippen molar-refractivity contribution in [3.05, 3.63) is 66.4 Å². The first-order valence-corrected chi connectivity index (χ1v) is 24.9. The van der Waals surface area contributed by atoms with Crippen LogP contribution < -0.4 is 4.74 Å². The van der Waals surface area contributed by atoms with E-state index >= 15 is 0 Å². The van der Waals surface area contributed by atoms with Crippen LogP contribution in [0.2, 0.25) is 0 Å². The van der Waals surface area contributed by atoms with E-state index in [1.54, 1.807) is 21.0 Å². The second-order valence-corrected chi connectivity index (χ2v) is 20.2. The summed E-state index contributed by atoms with van der Waals surface area (Å²) in [6.07, 6.45) is 8.45. The van der Waals surface area contributed by atoms with Gasteiger partial charge < -0.3 is 48.1 Å². The van der Waals surface area contributed by atoms with Gasteiger partial charge >= 0.3 is 5.97 Å². The number of hydrogen-bond acceptors (Lipinski definition) is 12. The fourth-order valence-corrected chi connectivity index (χ4v) is 11.2. The average molecular weight is 947 g/mol. The van der Waals surface area contributed by atoms with Crippen molar-refractivity contribution in [1.82, 2.24) is 9.47 Å². The second kappa shape index (κ2) is 23.6. The highest BCUT2D eigenvalue weighted by atomic mass is 16.7. The molecule has 3 fully saturated rings. The summed E-state index contributed by atoms with van der Waals surface area (Å²) in [6, 6.07) is 6.99. The molecule has 2 aromatic rings. The molecule has 14 unspecified atom stereocenters. The van der Waals surface area contributed by atoms with Crippen LogP contribution >= 0.6 is 0 Å². The van der Waals surface area contributed by atoms with Crippen LogP contribution in [0.15, 0.2) is 66.4 Å². The second-order valence-electron chi connectivity index (χ2n) is 20.2. The van der Waals surface area contributed by atoms with E-state index in [2.05, 4.69) is 36.3 Å². The van der Waals surface area contributed by atoms with Crippen molar-refractivity contribution in [3.8, 4) is 5.75 Å². The largest absolute Gasteiger partial charge is 0.488 e. The number of benzene rings is 1. The predicted octanol–water partition coefficient (Wildman–Crippen LogP) is 7.70. The first-order valence-electron chi connectivity index (χ1n) is 24.9. The molecule has 1 aromatic carbocycles. The maximum Gasteiger partial charge on any atom is 0.329 e. The van der Waals surface area contributed by atoms with Gasteiger partial charge in [-0.1, -0.05) is 51.5 Å². The van der Waals surface area contributed by atoms with Gasteiger partial charge in [0, 0.05) is 75.7 Å². The van der Waals surface area contributed by atoms with Gasteiger partial charge in [0.1, 0.15) is 35.9 Å². The molecule has 0 spiro atoms. The number of carbonyl (C=O) groups excluding carboxylic acids is 4. The van der Waals surface area contributed by atoms with Gasteiger partial charge in [-0.15, -0.1) is 6.58 Å². The smallest absolute Gasteiger partial charge is 0.329 e.